The number of anilines is 1. The summed E-state index contributed by atoms with van der Waals surface area (Å²) in [4.78, 5) is 17.2. The van der Waals surface area contributed by atoms with E-state index in [1.54, 1.807) is 16.8 Å². The molecule has 3 heterocycles. The van der Waals surface area contributed by atoms with E-state index in [1.807, 2.05) is 0 Å². The number of halogens is 5. The summed E-state index contributed by atoms with van der Waals surface area (Å²) >= 11 is 1.31. The lowest BCUT2D eigenvalue weighted by molar-refractivity contribution is -0.137. The van der Waals surface area contributed by atoms with Crippen molar-refractivity contribution in [2.24, 2.45) is 0 Å². The fourth-order valence-electron chi connectivity index (χ4n) is 3.16. The number of ether oxygens (including phenoxy) is 1. The highest BCUT2D eigenvalue weighted by Crippen LogP contribution is 2.35. The van der Waals surface area contributed by atoms with Crippen molar-refractivity contribution in [2.45, 2.75) is 12.8 Å². The van der Waals surface area contributed by atoms with E-state index in [4.69, 9.17) is 5.73 Å². The number of rotatable bonds is 4. The highest BCUT2D eigenvalue weighted by Gasteiger charge is 2.32. The highest BCUT2D eigenvalue weighted by atomic mass is 32.1. The molecule has 11 heteroatoms. The SMILES string of the molecule is Nc1c(-c2ccsc2)c(=O)n(-c2ccc(OC(F)F)cc2)c2cc(C(F)(F)F)cnc12. The van der Waals surface area contributed by atoms with E-state index in [-0.39, 0.29) is 33.7 Å². The maximum absolute atomic E-state index is 13.4. The summed E-state index contributed by atoms with van der Waals surface area (Å²) in [5.41, 5.74) is 4.88. The van der Waals surface area contributed by atoms with Crippen molar-refractivity contribution in [3.8, 4) is 22.6 Å². The summed E-state index contributed by atoms with van der Waals surface area (Å²) in [7, 11) is 0. The van der Waals surface area contributed by atoms with Crippen LogP contribution in [0.5, 0.6) is 5.75 Å². The lowest BCUT2D eigenvalue weighted by Gasteiger charge is -2.17. The molecule has 5 nitrogen and oxygen atoms in total. The van der Waals surface area contributed by atoms with Gasteiger partial charge >= 0.3 is 12.8 Å². The Morgan fingerprint density at radius 2 is 1.84 bits per heavy atom. The van der Waals surface area contributed by atoms with Gasteiger partial charge < -0.3 is 10.5 Å². The molecule has 0 saturated heterocycles. The standard InChI is InChI=1S/C20H12F5N3O2S/c21-19(22)30-13-3-1-12(2-4-13)28-14-7-11(20(23,24)25)8-27-17(14)16(26)15(18(28)29)10-5-6-31-9-10/h1-9,19H,26H2. The number of fused-ring (bicyclic) bond motifs is 1. The van der Waals surface area contributed by atoms with Gasteiger partial charge in [-0.1, -0.05) is 0 Å². The van der Waals surface area contributed by atoms with Crippen LogP contribution in [-0.4, -0.2) is 16.2 Å². The van der Waals surface area contributed by atoms with Crippen molar-refractivity contribution in [2.75, 3.05) is 5.73 Å². The van der Waals surface area contributed by atoms with Crippen LogP contribution >= 0.6 is 11.3 Å². The van der Waals surface area contributed by atoms with Gasteiger partial charge in [-0.05, 0) is 47.2 Å². The van der Waals surface area contributed by atoms with Crippen LogP contribution in [0, 0.1) is 0 Å². The Labute approximate surface area is 175 Å². The van der Waals surface area contributed by atoms with Gasteiger partial charge in [0.1, 0.15) is 11.3 Å². The normalized spacial score (nSPS) is 11.9. The van der Waals surface area contributed by atoms with Gasteiger partial charge in [-0.2, -0.15) is 33.3 Å². The minimum atomic E-state index is -4.70. The fourth-order valence-corrected chi connectivity index (χ4v) is 3.81. The topological polar surface area (TPSA) is 70.1 Å². The van der Waals surface area contributed by atoms with Crippen molar-refractivity contribution in [1.29, 1.82) is 0 Å². The van der Waals surface area contributed by atoms with Crippen LogP contribution in [0.4, 0.5) is 27.6 Å². The first-order chi connectivity index (χ1) is 14.7. The third-order valence-corrected chi connectivity index (χ3v) is 5.19. The van der Waals surface area contributed by atoms with Gasteiger partial charge in [0.05, 0.1) is 22.3 Å². The van der Waals surface area contributed by atoms with Gasteiger partial charge in [-0.25, -0.2) is 0 Å². The molecule has 31 heavy (non-hydrogen) atoms. The van der Waals surface area contributed by atoms with Crippen molar-refractivity contribution in [3.63, 3.8) is 0 Å². The first-order valence-electron chi connectivity index (χ1n) is 8.66. The van der Waals surface area contributed by atoms with Crippen LogP contribution in [-0.2, 0) is 6.18 Å². The molecule has 4 rings (SSSR count). The zero-order valence-electron chi connectivity index (χ0n) is 15.4. The first kappa shape index (κ1) is 20.8. The number of thiophene rings is 1. The average molecular weight is 453 g/mol. The van der Waals surface area contributed by atoms with E-state index in [0.29, 0.717) is 11.8 Å². The zero-order valence-corrected chi connectivity index (χ0v) is 16.2. The predicted octanol–water partition coefficient (Wildman–Crippen LogP) is 5.32. The summed E-state index contributed by atoms with van der Waals surface area (Å²) in [6.45, 7) is -3.05. The Morgan fingerprint density at radius 3 is 2.42 bits per heavy atom. The van der Waals surface area contributed by atoms with E-state index in [1.165, 1.54) is 35.6 Å². The fraction of sp³-hybridized carbons (Fsp3) is 0.100. The van der Waals surface area contributed by atoms with Gasteiger partial charge in [0, 0.05) is 17.4 Å². The van der Waals surface area contributed by atoms with Crippen LogP contribution < -0.4 is 16.0 Å². The maximum atomic E-state index is 13.4. The molecule has 0 unspecified atom stereocenters. The Bertz CT molecular complexity index is 1300. The molecule has 0 aliphatic carbocycles. The Morgan fingerprint density at radius 1 is 1.13 bits per heavy atom. The summed E-state index contributed by atoms with van der Waals surface area (Å²) in [5, 5.41) is 3.40. The third kappa shape index (κ3) is 3.83. The minimum absolute atomic E-state index is 0.00158. The third-order valence-electron chi connectivity index (χ3n) is 4.51. The van der Waals surface area contributed by atoms with Crippen molar-refractivity contribution in [3.05, 3.63) is 69.3 Å². The quantitative estimate of drug-likeness (QED) is 0.425. The number of nitrogens with zero attached hydrogens (tertiary/aromatic N) is 2. The summed E-state index contributed by atoms with van der Waals surface area (Å²) < 4.78 is 70.0. The lowest BCUT2D eigenvalue weighted by Crippen LogP contribution is -2.23. The van der Waals surface area contributed by atoms with Gasteiger partial charge in [-0.3, -0.25) is 14.3 Å². The number of aromatic nitrogens is 2. The molecule has 0 fully saturated rings. The number of pyridine rings is 2. The Balaban J connectivity index is 2.04. The molecule has 0 saturated carbocycles. The number of alkyl halides is 5. The molecule has 160 valence electrons. The van der Waals surface area contributed by atoms with E-state index >= 15 is 0 Å². The second kappa shape index (κ2) is 7.65. The second-order valence-corrected chi connectivity index (χ2v) is 7.18. The number of hydrogen-bond donors (Lipinski definition) is 1. The average Bonchev–Trinajstić information content (AvgIpc) is 3.22. The van der Waals surface area contributed by atoms with Gasteiger partial charge in [-0.15, -0.1) is 0 Å². The van der Waals surface area contributed by atoms with Crippen molar-refractivity contribution in [1.82, 2.24) is 9.55 Å². The molecule has 0 amide bonds. The lowest BCUT2D eigenvalue weighted by atomic mass is 10.1. The summed E-state index contributed by atoms with van der Waals surface area (Å²) in [5.74, 6) is -0.168. The highest BCUT2D eigenvalue weighted by molar-refractivity contribution is 7.08. The van der Waals surface area contributed by atoms with Crippen molar-refractivity contribution >= 4 is 28.1 Å². The Kier molecular flexibility index (Phi) is 5.13. The van der Waals surface area contributed by atoms with Crippen LogP contribution in [0.2, 0.25) is 0 Å². The second-order valence-electron chi connectivity index (χ2n) is 6.40. The molecule has 0 aliphatic rings. The molecule has 0 atom stereocenters. The zero-order chi connectivity index (χ0) is 22.3. The molecule has 0 spiro atoms. The summed E-state index contributed by atoms with van der Waals surface area (Å²) in [6.07, 6.45) is -4.05. The number of benzene rings is 1. The minimum Gasteiger partial charge on any atom is -0.435 e. The molecule has 3 aromatic heterocycles. The number of hydrogen-bond acceptors (Lipinski definition) is 5. The molecule has 2 N–H and O–H groups in total. The monoisotopic (exact) mass is 453 g/mol. The van der Waals surface area contributed by atoms with Crippen LogP contribution in [0.15, 0.2) is 58.1 Å². The van der Waals surface area contributed by atoms with Crippen LogP contribution in [0.3, 0.4) is 0 Å². The molecule has 0 bridgehead atoms. The van der Waals surface area contributed by atoms with E-state index in [0.717, 1.165) is 10.6 Å². The van der Waals surface area contributed by atoms with E-state index in [2.05, 4.69) is 9.72 Å². The molecular weight excluding hydrogens is 441 g/mol. The van der Waals surface area contributed by atoms with Gasteiger partial charge in [0.25, 0.3) is 5.56 Å². The molecule has 0 aliphatic heterocycles. The van der Waals surface area contributed by atoms with Gasteiger partial charge in [0.2, 0.25) is 0 Å². The maximum Gasteiger partial charge on any atom is 0.417 e. The Hall–Kier alpha value is -3.47. The van der Waals surface area contributed by atoms with Crippen LogP contribution in [0.25, 0.3) is 27.8 Å². The first-order valence-corrected chi connectivity index (χ1v) is 9.60. The smallest absolute Gasteiger partial charge is 0.417 e. The number of nitrogens with two attached hydrogens (primary N) is 1. The van der Waals surface area contributed by atoms with Crippen LogP contribution in [0.1, 0.15) is 5.56 Å². The largest absolute Gasteiger partial charge is 0.435 e. The number of nitrogen functional groups attached to an aromatic ring is 1. The molecule has 4 aromatic rings. The molecule has 1 aromatic carbocycles. The molecular formula is C20H12F5N3O2S. The summed E-state index contributed by atoms with van der Waals surface area (Å²) in [6, 6.07) is 7.36. The van der Waals surface area contributed by atoms with Crippen molar-refractivity contribution < 1.29 is 26.7 Å². The predicted molar refractivity (Wildman–Crippen MR) is 107 cm³/mol. The van der Waals surface area contributed by atoms with E-state index in [9.17, 15) is 26.7 Å². The van der Waals surface area contributed by atoms with Gasteiger partial charge in [0.15, 0.2) is 0 Å². The van der Waals surface area contributed by atoms with E-state index < -0.39 is 23.9 Å². The molecule has 0 radical (unpaired) electrons.